The Morgan fingerprint density at radius 2 is 2.19 bits per heavy atom. The molecule has 8 heteroatoms. The molecule has 1 aromatic heterocycles. The van der Waals surface area contributed by atoms with Crippen molar-refractivity contribution in [3.8, 4) is 0 Å². The smallest absolute Gasteiger partial charge is 0.220 e. The van der Waals surface area contributed by atoms with Gasteiger partial charge in [0, 0.05) is 31.1 Å². The summed E-state index contributed by atoms with van der Waals surface area (Å²) in [5, 5.41) is 7.89. The van der Waals surface area contributed by atoms with E-state index < -0.39 is 10.0 Å². The maximum absolute atomic E-state index is 12.5. The standard InChI is InChI=1S/C13H17N3O3S.ClH/c1-10-8-16(7-6-14-10)20(17,18)9-12-11-4-2-3-5-13(11)19-15-12;/h2-5,10,14H,6-9H2,1H3;1H/t10-;/m0./s1. The molecule has 1 saturated heterocycles. The van der Waals surface area contributed by atoms with E-state index >= 15 is 0 Å². The van der Waals surface area contributed by atoms with Gasteiger partial charge in [0.1, 0.15) is 11.4 Å². The van der Waals surface area contributed by atoms with Crippen molar-refractivity contribution in [2.45, 2.75) is 18.7 Å². The first-order chi connectivity index (χ1) is 9.56. The second-order valence-corrected chi connectivity index (χ2v) is 7.06. The first-order valence-corrected chi connectivity index (χ1v) is 8.22. The number of aromatic nitrogens is 1. The lowest BCUT2D eigenvalue weighted by Gasteiger charge is -2.30. The third-order valence-corrected chi connectivity index (χ3v) is 5.25. The molecular formula is C13H18ClN3O3S. The normalized spacial score (nSPS) is 20.3. The third-order valence-electron chi connectivity index (χ3n) is 3.50. The first kappa shape index (κ1) is 16.2. The van der Waals surface area contributed by atoms with Crippen LogP contribution in [0.1, 0.15) is 12.6 Å². The maximum atomic E-state index is 12.5. The van der Waals surface area contributed by atoms with Gasteiger partial charge in [0.2, 0.25) is 10.0 Å². The minimum atomic E-state index is -3.36. The lowest BCUT2D eigenvalue weighted by Crippen LogP contribution is -2.51. The number of piperazine rings is 1. The molecule has 116 valence electrons. The number of nitrogens with zero attached hydrogens (tertiary/aromatic N) is 2. The van der Waals surface area contributed by atoms with Gasteiger partial charge in [-0.3, -0.25) is 0 Å². The molecule has 1 aliphatic heterocycles. The van der Waals surface area contributed by atoms with Gasteiger partial charge in [0.15, 0.2) is 5.58 Å². The quantitative estimate of drug-likeness (QED) is 0.919. The number of fused-ring (bicyclic) bond motifs is 1. The minimum absolute atomic E-state index is 0. The maximum Gasteiger partial charge on any atom is 0.220 e. The number of nitrogens with one attached hydrogen (secondary N) is 1. The lowest BCUT2D eigenvalue weighted by molar-refractivity contribution is 0.309. The molecule has 6 nitrogen and oxygen atoms in total. The summed E-state index contributed by atoms with van der Waals surface area (Å²) in [6, 6.07) is 7.47. The van der Waals surface area contributed by atoms with Gasteiger partial charge >= 0.3 is 0 Å². The molecule has 2 heterocycles. The zero-order chi connectivity index (χ0) is 14.2. The van der Waals surface area contributed by atoms with Crippen molar-refractivity contribution in [3.05, 3.63) is 30.0 Å². The SMILES string of the molecule is C[C@H]1CN(S(=O)(=O)Cc2noc3ccccc23)CCN1.Cl. The van der Waals surface area contributed by atoms with E-state index in [1.54, 1.807) is 6.07 Å². The number of hydrogen-bond acceptors (Lipinski definition) is 5. The molecule has 3 rings (SSSR count). The van der Waals surface area contributed by atoms with Crippen LogP contribution in [0.2, 0.25) is 0 Å². The van der Waals surface area contributed by atoms with Gasteiger partial charge in [-0.2, -0.15) is 4.31 Å². The number of para-hydroxylation sites is 1. The molecule has 0 unspecified atom stereocenters. The van der Waals surface area contributed by atoms with Crippen LogP contribution in [0.4, 0.5) is 0 Å². The lowest BCUT2D eigenvalue weighted by atomic mass is 10.2. The van der Waals surface area contributed by atoms with E-state index in [4.69, 9.17) is 4.52 Å². The van der Waals surface area contributed by atoms with Crippen molar-refractivity contribution in [2.75, 3.05) is 19.6 Å². The second kappa shape index (κ2) is 6.31. The van der Waals surface area contributed by atoms with Crippen LogP contribution in [0, 0.1) is 0 Å². The highest BCUT2D eigenvalue weighted by molar-refractivity contribution is 7.88. The van der Waals surface area contributed by atoms with E-state index in [0.717, 1.165) is 5.39 Å². The van der Waals surface area contributed by atoms with Crippen molar-refractivity contribution in [2.24, 2.45) is 0 Å². The molecule has 2 aromatic rings. The van der Waals surface area contributed by atoms with E-state index in [9.17, 15) is 8.42 Å². The zero-order valence-electron chi connectivity index (χ0n) is 11.7. The second-order valence-electron chi connectivity index (χ2n) is 5.09. The molecule has 1 N–H and O–H groups in total. The van der Waals surface area contributed by atoms with E-state index in [1.165, 1.54) is 4.31 Å². The van der Waals surface area contributed by atoms with Crippen LogP contribution in [0.5, 0.6) is 0 Å². The van der Waals surface area contributed by atoms with Crippen molar-refractivity contribution in [3.63, 3.8) is 0 Å². The summed E-state index contributed by atoms with van der Waals surface area (Å²) >= 11 is 0. The molecule has 1 atom stereocenters. The van der Waals surface area contributed by atoms with Crippen LogP contribution < -0.4 is 5.32 Å². The average molecular weight is 332 g/mol. The molecule has 21 heavy (non-hydrogen) atoms. The first-order valence-electron chi connectivity index (χ1n) is 6.61. The Morgan fingerprint density at radius 3 is 2.95 bits per heavy atom. The molecule has 1 fully saturated rings. The summed E-state index contributed by atoms with van der Waals surface area (Å²) in [4.78, 5) is 0. The summed E-state index contributed by atoms with van der Waals surface area (Å²) in [5.41, 5.74) is 1.10. The Morgan fingerprint density at radius 1 is 1.43 bits per heavy atom. The van der Waals surface area contributed by atoms with Crippen LogP contribution >= 0.6 is 12.4 Å². The number of rotatable bonds is 3. The van der Waals surface area contributed by atoms with Crippen molar-refractivity contribution < 1.29 is 12.9 Å². The van der Waals surface area contributed by atoms with E-state index in [1.807, 2.05) is 25.1 Å². The van der Waals surface area contributed by atoms with Crippen LogP contribution in [-0.4, -0.2) is 43.6 Å². The van der Waals surface area contributed by atoms with Gasteiger partial charge in [-0.05, 0) is 19.1 Å². The third kappa shape index (κ3) is 3.37. The predicted octanol–water partition coefficient (Wildman–Crippen LogP) is 1.37. The number of hydrogen-bond donors (Lipinski definition) is 1. The molecule has 0 spiro atoms. The molecule has 1 aliphatic rings. The zero-order valence-corrected chi connectivity index (χ0v) is 13.3. The van der Waals surface area contributed by atoms with Gasteiger partial charge in [-0.1, -0.05) is 17.3 Å². The summed E-state index contributed by atoms with van der Waals surface area (Å²) in [6.07, 6.45) is 0. The Balaban J connectivity index is 0.00000161. The molecular weight excluding hydrogens is 314 g/mol. The summed E-state index contributed by atoms with van der Waals surface area (Å²) in [7, 11) is -3.36. The van der Waals surface area contributed by atoms with Crippen LogP contribution in [0.25, 0.3) is 11.0 Å². The number of halogens is 1. The van der Waals surface area contributed by atoms with Gasteiger partial charge in [0.25, 0.3) is 0 Å². The molecule has 0 saturated carbocycles. The van der Waals surface area contributed by atoms with Crippen LogP contribution in [0.15, 0.2) is 28.8 Å². The average Bonchev–Trinajstić information content (AvgIpc) is 2.82. The highest BCUT2D eigenvalue weighted by Gasteiger charge is 2.28. The highest BCUT2D eigenvalue weighted by atomic mass is 35.5. The van der Waals surface area contributed by atoms with E-state index in [2.05, 4.69) is 10.5 Å². The van der Waals surface area contributed by atoms with Crippen LogP contribution in [-0.2, 0) is 15.8 Å². The summed E-state index contributed by atoms with van der Waals surface area (Å²) in [5.74, 6) is -0.114. The van der Waals surface area contributed by atoms with E-state index in [-0.39, 0.29) is 24.2 Å². The number of sulfonamides is 1. The highest BCUT2D eigenvalue weighted by Crippen LogP contribution is 2.21. The molecule has 0 bridgehead atoms. The Hall–Kier alpha value is -1.15. The molecule has 0 radical (unpaired) electrons. The van der Waals surface area contributed by atoms with Crippen molar-refractivity contribution in [1.82, 2.24) is 14.8 Å². The van der Waals surface area contributed by atoms with Gasteiger partial charge < -0.3 is 9.84 Å². The fraction of sp³-hybridized carbons (Fsp3) is 0.462. The monoisotopic (exact) mass is 331 g/mol. The Labute approximate surface area is 129 Å². The molecule has 1 aromatic carbocycles. The Bertz CT molecular complexity index is 716. The molecule has 0 aliphatic carbocycles. The van der Waals surface area contributed by atoms with Crippen LogP contribution in [0.3, 0.4) is 0 Å². The summed E-state index contributed by atoms with van der Waals surface area (Å²) < 4.78 is 31.6. The fourth-order valence-corrected chi connectivity index (χ4v) is 4.01. The van der Waals surface area contributed by atoms with Crippen molar-refractivity contribution >= 4 is 33.4 Å². The predicted molar refractivity (Wildman–Crippen MR) is 82.9 cm³/mol. The summed E-state index contributed by atoms with van der Waals surface area (Å²) in [6.45, 7) is 3.66. The van der Waals surface area contributed by atoms with Gasteiger partial charge in [-0.25, -0.2) is 8.42 Å². The fourth-order valence-electron chi connectivity index (χ4n) is 2.46. The number of benzene rings is 1. The van der Waals surface area contributed by atoms with E-state index in [0.29, 0.717) is 30.9 Å². The largest absolute Gasteiger partial charge is 0.356 e. The van der Waals surface area contributed by atoms with Crippen molar-refractivity contribution in [1.29, 1.82) is 0 Å². The molecule has 0 amide bonds. The van der Waals surface area contributed by atoms with Gasteiger partial charge in [-0.15, -0.1) is 12.4 Å². The Kier molecular flexibility index (Phi) is 4.88. The topological polar surface area (TPSA) is 75.4 Å². The minimum Gasteiger partial charge on any atom is -0.356 e. The van der Waals surface area contributed by atoms with Gasteiger partial charge in [0.05, 0.1) is 0 Å².